The summed E-state index contributed by atoms with van der Waals surface area (Å²) in [6, 6.07) is 0. The van der Waals surface area contributed by atoms with Crippen LogP contribution in [0.1, 0.15) is 38.5 Å². The lowest BCUT2D eigenvalue weighted by atomic mass is 9.56. The summed E-state index contributed by atoms with van der Waals surface area (Å²) in [5.41, 5.74) is 13.5. The molecule has 4 fully saturated rings. The molecule has 0 spiro atoms. The second-order valence-electron chi connectivity index (χ2n) is 4.97. The highest BCUT2D eigenvalue weighted by Crippen LogP contribution is 2.53. The van der Waals surface area contributed by atoms with E-state index >= 15 is 0 Å². The van der Waals surface area contributed by atoms with Gasteiger partial charge in [-0.25, -0.2) is 0 Å². The Balaban J connectivity index is 0.000000196. The van der Waals surface area contributed by atoms with Gasteiger partial charge in [-0.2, -0.15) is 0 Å². The molecule has 4 bridgehead atoms. The Morgan fingerprint density at radius 3 is 0.923 bits per heavy atom. The first-order valence-electron chi connectivity index (χ1n) is 5.30. The van der Waals surface area contributed by atoms with E-state index in [1.54, 1.807) is 38.5 Å². The predicted molar refractivity (Wildman–Crippen MR) is 51.7 cm³/mol. The van der Waals surface area contributed by atoms with Crippen LogP contribution in [0.4, 0.5) is 0 Å². The van der Waals surface area contributed by atoms with Crippen molar-refractivity contribution in [1.82, 2.24) is 0 Å². The van der Waals surface area contributed by atoms with Crippen LogP contribution >= 0.6 is 0 Å². The second-order valence-corrected chi connectivity index (χ2v) is 4.97. The molecule has 0 aliphatic heterocycles. The van der Waals surface area contributed by atoms with E-state index in [2.05, 4.69) is 0 Å². The standard InChI is InChI=1S/C10H16.N3/c1-7-2-9-4-8(1)5-10(3-7)6-9;1-3-2/h7-10H,1-6H2;/q;-1. The van der Waals surface area contributed by atoms with Gasteiger partial charge in [0.25, 0.3) is 0 Å². The number of hydrogen-bond acceptors (Lipinski definition) is 0. The first kappa shape index (κ1) is 8.89. The highest BCUT2D eigenvalue weighted by Gasteiger charge is 2.41. The molecule has 0 aromatic carbocycles. The second kappa shape index (κ2) is 3.59. The first-order chi connectivity index (χ1) is 6.31. The Labute approximate surface area is 78.9 Å². The van der Waals surface area contributed by atoms with E-state index in [-0.39, 0.29) is 0 Å². The Morgan fingerprint density at radius 1 is 0.615 bits per heavy atom. The van der Waals surface area contributed by atoms with Gasteiger partial charge < -0.3 is 11.1 Å². The summed E-state index contributed by atoms with van der Waals surface area (Å²) in [5, 5.41) is 0. The van der Waals surface area contributed by atoms with Crippen molar-refractivity contribution in [3.05, 3.63) is 16.0 Å². The molecule has 0 atom stereocenters. The summed E-state index contributed by atoms with van der Waals surface area (Å²) in [6.07, 6.45) is 9.62. The Kier molecular flexibility index (Phi) is 2.45. The maximum Gasteiger partial charge on any atom is -0.0406 e. The quantitative estimate of drug-likeness (QED) is 0.308. The third-order valence-electron chi connectivity index (χ3n) is 4.00. The molecule has 4 saturated carbocycles. The molecule has 4 aliphatic carbocycles. The van der Waals surface area contributed by atoms with Crippen LogP contribution in [-0.2, 0) is 0 Å². The van der Waals surface area contributed by atoms with Crippen LogP contribution < -0.4 is 0 Å². The molecule has 3 heteroatoms. The van der Waals surface area contributed by atoms with E-state index in [1.807, 2.05) is 0 Å². The number of nitrogens with zero attached hydrogens (tertiary/aromatic N) is 3. The van der Waals surface area contributed by atoms with Gasteiger partial charge in [-0.05, 0) is 62.2 Å². The smallest absolute Gasteiger partial charge is 0.0406 e. The van der Waals surface area contributed by atoms with Gasteiger partial charge in [-0.3, -0.25) is 4.91 Å². The van der Waals surface area contributed by atoms with Crippen LogP contribution in [0.15, 0.2) is 0 Å². The largest absolute Gasteiger partial charge is 0.373 e. The summed E-state index contributed by atoms with van der Waals surface area (Å²) in [6.45, 7) is 0. The van der Waals surface area contributed by atoms with Crippen LogP contribution in [0.25, 0.3) is 16.0 Å². The SMILES string of the molecule is C1C2CC3CC1CC(C2)C3.[N-]=[N+]=[N-]. The maximum atomic E-state index is 6.75. The summed E-state index contributed by atoms with van der Waals surface area (Å²) in [5.74, 6) is 4.71. The molecule has 4 rings (SSSR count). The zero-order chi connectivity index (χ0) is 9.26. The minimum atomic E-state index is 1.18. The van der Waals surface area contributed by atoms with Gasteiger partial charge in [0.2, 0.25) is 0 Å². The molecule has 4 aliphatic rings. The summed E-state index contributed by atoms with van der Waals surface area (Å²) in [4.78, 5) is 1.50. The van der Waals surface area contributed by atoms with Crippen molar-refractivity contribution >= 4 is 0 Å². The van der Waals surface area contributed by atoms with Gasteiger partial charge in [0, 0.05) is 0 Å². The van der Waals surface area contributed by atoms with Crippen LogP contribution in [0.3, 0.4) is 0 Å². The van der Waals surface area contributed by atoms with E-state index in [1.165, 1.54) is 28.6 Å². The fourth-order valence-corrected chi connectivity index (χ4v) is 3.98. The van der Waals surface area contributed by atoms with Crippen molar-refractivity contribution in [1.29, 1.82) is 0 Å². The third-order valence-corrected chi connectivity index (χ3v) is 4.00. The topological polar surface area (TPSA) is 58.7 Å². The molecule has 0 unspecified atom stereocenters. The van der Waals surface area contributed by atoms with Crippen molar-refractivity contribution in [2.75, 3.05) is 0 Å². The van der Waals surface area contributed by atoms with Crippen molar-refractivity contribution in [3.8, 4) is 0 Å². The molecule has 0 amide bonds. The summed E-state index contributed by atoms with van der Waals surface area (Å²) in [7, 11) is 0. The number of hydrogen-bond donors (Lipinski definition) is 0. The lowest BCUT2D eigenvalue weighted by molar-refractivity contribution is 0.0198. The van der Waals surface area contributed by atoms with Crippen molar-refractivity contribution in [2.45, 2.75) is 38.5 Å². The zero-order valence-electron chi connectivity index (χ0n) is 7.89. The molecule has 3 nitrogen and oxygen atoms in total. The van der Waals surface area contributed by atoms with Crippen molar-refractivity contribution in [2.24, 2.45) is 23.7 Å². The normalized spacial score (nSPS) is 44.9. The average molecular weight is 178 g/mol. The van der Waals surface area contributed by atoms with Crippen molar-refractivity contribution < 1.29 is 0 Å². The Bertz CT molecular complexity index is 162. The van der Waals surface area contributed by atoms with Crippen molar-refractivity contribution in [3.63, 3.8) is 0 Å². The van der Waals surface area contributed by atoms with Gasteiger partial charge >= 0.3 is 0 Å². The molecule has 0 radical (unpaired) electrons. The first-order valence-corrected chi connectivity index (χ1v) is 5.30. The molecule has 13 heavy (non-hydrogen) atoms. The monoisotopic (exact) mass is 178 g/mol. The molecule has 0 heterocycles. The molecular formula is C10H16N3-. The minimum Gasteiger partial charge on any atom is -0.373 e. The van der Waals surface area contributed by atoms with Gasteiger partial charge in [-0.15, -0.1) is 0 Å². The predicted octanol–water partition coefficient (Wildman–Crippen LogP) is 3.70. The van der Waals surface area contributed by atoms with Gasteiger partial charge in [0.05, 0.1) is 0 Å². The van der Waals surface area contributed by atoms with Crippen LogP contribution in [0.2, 0.25) is 0 Å². The van der Waals surface area contributed by atoms with Gasteiger partial charge in [0.1, 0.15) is 0 Å². The molecule has 0 saturated heterocycles. The average Bonchev–Trinajstić information content (AvgIpc) is 2.01. The van der Waals surface area contributed by atoms with E-state index in [4.69, 9.17) is 11.1 Å². The third kappa shape index (κ3) is 1.80. The number of rotatable bonds is 0. The van der Waals surface area contributed by atoms with Crippen LogP contribution in [0.5, 0.6) is 0 Å². The Morgan fingerprint density at radius 2 is 0.769 bits per heavy atom. The summed E-state index contributed by atoms with van der Waals surface area (Å²) < 4.78 is 0. The van der Waals surface area contributed by atoms with Crippen LogP contribution in [0, 0.1) is 23.7 Å². The lowest BCUT2D eigenvalue weighted by Crippen LogP contribution is -2.38. The van der Waals surface area contributed by atoms with E-state index in [9.17, 15) is 0 Å². The van der Waals surface area contributed by atoms with Gasteiger partial charge in [-0.1, -0.05) is 0 Å². The fraction of sp³-hybridized carbons (Fsp3) is 1.00. The fourth-order valence-electron chi connectivity index (χ4n) is 3.98. The molecule has 72 valence electrons. The van der Waals surface area contributed by atoms with E-state index in [0.29, 0.717) is 0 Å². The lowest BCUT2D eigenvalue weighted by Gasteiger charge is -2.49. The Hall–Kier alpha value is -0.690. The van der Waals surface area contributed by atoms with E-state index in [0.717, 1.165) is 0 Å². The summed E-state index contributed by atoms with van der Waals surface area (Å²) >= 11 is 0. The van der Waals surface area contributed by atoms with Crippen LogP contribution in [-0.4, -0.2) is 0 Å². The molecule has 0 N–H and O–H groups in total. The molecule has 0 aromatic heterocycles. The highest BCUT2D eigenvalue weighted by atomic mass is 15.0. The zero-order valence-corrected chi connectivity index (χ0v) is 7.89. The van der Waals surface area contributed by atoms with E-state index < -0.39 is 0 Å². The molecular weight excluding hydrogens is 162 g/mol. The molecule has 0 aromatic rings. The minimum absolute atomic E-state index is 1.18. The maximum absolute atomic E-state index is 6.75. The van der Waals surface area contributed by atoms with Gasteiger partial charge in [0.15, 0.2) is 0 Å². The highest BCUT2D eigenvalue weighted by molar-refractivity contribution is 4.92.